The molecule has 1 unspecified atom stereocenters. The van der Waals surface area contributed by atoms with E-state index in [9.17, 15) is 4.79 Å². The molecule has 1 atom stereocenters. The van der Waals surface area contributed by atoms with Crippen LogP contribution in [-0.4, -0.2) is 35.4 Å². The van der Waals surface area contributed by atoms with E-state index < -0.39 is 0 Å². The predicted molar refractivity (Wildman–Crippen MR) is 70.9 cm³/mol. The highest BCUT2D eigenvalue weighted by molar-refractivity contribution is 5.83. The van der Waals surface area contributed by atoms with Crippen molar-refractivity contribution < 1.29 is 4.79 Å². The van der Waals surface area contributed by atoms with E-state index in [0.717, 1.165) is 31.7 Å². The Hall–Kier alpha value is -1.42. The summed E-state index contributed by atoms with van der Waals surface area (Å²) in [4.78, 5) is 18.7. The minimum Gasteiger partial charge on any atom is -0.337 e. The molecule has 1 N–H and O–H groups in total. The van der Waals surface area contributed by atoms with Crippen molar-refractivity contribution in [3.63, 3.8) is 0 Å². The van der Waals surface area contributed by atoms with Gasteiger partial charge in [-0.3, -0.25) is 9.78 Å². The van der Waals surface area contributed by atoms with Crippen LogP contribution in [0.15, 0.2) is 24.4 Å². The Morgan fingerprint density at radius 1 is 1.56 bits per heavy atom. The molecule has 4 nitrogen and oxygen atoms in total. The van der Waals surface area contributed by atoms with Gasteiger partial charge in [-0.1, -0.05) is 6.07 Å². The Bertz CT molecular complexity index is 399. The average molecular weight is 247 g/mol. The van der Waals surface area contributed by atoms with Gasteiger partial charge in [-0.05, 0) is 38.9 Å². The second-order valence-corrected chi connectivity index (χ2v) is 5.13. The van der Waals surface area contributed by atoms with Gasteiger partial charge in [0.15, 0.2) is 0 Å². The summed E-state index contributed by atoms with van der Waals surface area (Å²) in [6.07, 6.45) is 2.69. The van der Waals surface area contributed by atoms with Crippen LogP contribution in [0.3, 0.4) is 0 Å². The third-order valence-corrected chi connectivity index (χ3v) is 3.63. The number of carbonyl (C=O) groups is 1. The summed E-state index contributed by atoms with van der Waals surface area (Å²) in [6, 6.07) is 5.81. The van der Waals surface area contributed by atoms with Gasteiger partial charge in [-0.2, -0.15) is 0 Å². The fourth-order valence-corrected chi connectivity index (χ4v) is 2.40. The highest BCUT2D eigenvalue weighted by Crippen LogP contribution is 2.27. The van der Waals surface area contributed by atoms with Crippen LogP contribution in [0.25, 0.3) is 0 Å². The molecule has 18 heavy (non-hydrogen) atoms. The van der Waals surface area contributed by atoms with Gasteiger partial charge in [-0.15, -0.1) is 0 Å². The zero-order valence-electron chi connectivity index (χ0n) is 11.1. The zero-order valence-corrected chi connectivity index (χ0v) is 11.1. The minimum absolute atomic E-state index is 0.237. The lowest BCUT2D eigenvalue weighted by molar-refractivity contribution is -0.140. The molecule has 0 spiro atoms. The Kier molecular flexibility index (Phi) is 3.97. The van der Waals surface area contributed by atoms with Crippen molar-refractivity contribution in [2.75, 3.05) is 19.6 Å². The Morgan fingerprint density at radius 3 is 2.94 bits per heavy atom. The van der Waals surface area contributed by atoms with E-state index in [4.69, 9.17) is 0 Å². The van der Waals surface area contributed by atoms with Gasteiger partial charge in [0, 0.05) is 19.3 Å². The summed E-state index contributed by atoms with van der Waals surface area (Å²) in [7, 11) is 0. The molecule has 2 heterocycles. The number of rotatable bonds is 4. The first kappa shape index (κ1) is 13.0. The molecule has 0 aromatic carbocycles. The number of pyridine rings is 1. The monoisotopic (exact) mass is 247 g/mol. The van der Waals surface area contributed by atoms with E-state index in [1.807, 2.05) is 30.0 Å². The second kappa shape index (κ2) is 5.48. The predicted octanol–water partition coefficient (Wildman–Crippen LogP) is 1.43. The number of hydrogen-bond acceptors (Lipinski definition) is 3. The molecule has 98 valence electrons. The second-order valence-electron chi connectivity index (χ2n) is 5.13. The summed E-state index contributed by atoms with van der Waals surface area (Å²) in [5.74, 6) is 0.237. The first-order valence-corrected chi connectivity index (χ1v) is 6.56. The molecule has 1 aromatic rings. The van der Waals surface area contributed by atoms with Crippen molar-refractivity contribution in [1.29, 1.82) is 0 Å². The summed E-state index contributed by atoms with van der Waals surface area (Å²) in [5.41, 5.74) is 0.701. The van der Waals surface area contributed by atoms with Crippen molar-refractivity contribution in [3.8, 4) is 0 Å². The molecule has 0 bridgehead atoms. The van der Waals surface area contributed by atoms with E-state index >= 15 is 0 Å². The molecular formula is C14H21N3O. The molecule has 1 saturated heterocycles. The first-order valence-electron chi connectivity index (χ1n) is 6.56. The fourth-order valence-electron chi connectivity index (χ4n) is 2.40. The van der Waals surface area contributed by atoms with Gasteiger partial charge in [0.25, 0.3) is 0 Å². The van der Waals surface area contributed by atoms with Crippen LogP contribution >= 0.6 is 0 Å². The van der Waals surface area contributed by atoms with Crippen molar-refractivity contribution in [3.05, 3.63) is 30.1 Å². The summed E-state index contributed by atoms with van der Waals surface area (Å²) >= 11 is 0. The maximum Gasteiger partial charge on any atom is 0.230 e. The standard InChI is InChI=1S/C14H21N3O/c1-3-17(10-12-6-4-5-8-16-12)13(18)14(2)7-9-15-11-14/h4-6,8,15H,3,7,9-11H2,1-2H3. The lowest BCUT2D eigenvalue weighted by Crippen LogP contribution is -2.43. The summed E-state index contributed by atoms with van der Waals surface area (Å²) in [6.45, 7) is 7.12. The first-order chi connectivity index (χ1) is 8.65. The van der Waals surface area contributed by atoms with Crippen LogP contribution < -0.4 is 5.32 Å². The molecule has 0 saturated carbocycles. The van der Waals surface area contributed by atoms with Crippen LogP contribution in [0, 0.1) is 5.41 Å². The van der Waals surface area contributed by atoms with Crippen LogP contribution in [0.2, 0.25) is 0 Å². The van der Waals surface area contributed by atoms with Crippen LogP contribution in [-0.2, 0) is 11.3 Å². The van der Waals surface area contributed by atoms with E-state index in [-0.39, 0.29) is 11.3 Å². The van der Waals surface area contributed by atoms with E-state index in [1.54, 1.807) is 6.20 Å². The maximum atomic E-state index is 12.6. The van der Waals surface area contributed by atoms with Gasteiger partial charge >= 0.3 is 0 Å². The molecule has 0 aliphatic carbocycles. The molecule has 1 fully saturated rings. The Morgan fingerprint density at radius 2 is 2.39 bits per heavy atom. The number of amides is 1. The molecule has 1 aromatic heterocycles. The Balaban J connectivity index is 2.07. The number of nitrogens with one attached hydrogen (secondary N) is 1. The lowest BCUT2D eigenvalue weighted by Gasteiger charge is -2.30. The smallest absolute Gasteiger partial charge is 0.230 e. The largest absolute Gasteiger partial charge is 0.337 e. The normalized spacial score (nSPS) is 23.0. The van der Waals surface area contributed by atoms with Gasteiger partial charge in [0.2, 0.25) is 5.91 Å². The maximum absolute atomic E-state index is 12.6. The lowest BCUT2D eigenvalue weighted by atomic mass is 9.88. The third kappa shape index (κ3) is 2.70. The number of nitrogens with zero attached hydrogens (tertiary/aromatic N) is 2. The summed E-state index contributed by atoms with van der Waals surface area (Å²) < 4.78 is 0. The van der Waals surface area contributed by atoms with Gasteiger partial charge < -0.3 is 10.2 Å². The zero-order chi connectivity index (χ0) is 13.0. The number of carbonyl (C=O) groups excluding carboxylic acids is 1. The molecule has 4 heteroatoms. The summed E-state index contributed by atoms with van der Waals surface area (Å²) in [5, 5.41) is 3.27. The molecule has 1 aliphatic rings. The molecule has 1 amide bonds. The highest BCUT2D eigenvalue weighted by Gasteiger charge is 2.38. The van der Waals surface area contributed by atoms with Gasteiger partial charge in [0.05, 0.1) is 17.7 Å². The van der Waals surface area contributed by atoms with Crippen molar-refractivity contribution in [2.24, 2.45) is 5.41 Å². The number of aromatic nitrogens is 1. The third-order valence-electron chi connectivity index (χ3n) is 3.63. The molecule has 2 rings (SSSR count). The minimum atomic E-state index is -0.245. The fraction of sp³-hybridized carbons (Fsp3) is 0.571. The van der Waals surface area contributed by atoms with Crippen LogP contribution in [0.4, 0.5) is 0 Å². The molecule has 0 radical (unpaired) electrons. The Labute approximate surface area is 108 Å². The van der Waals surface area contributed by atoms with Crippen molar-refractivity contribution in [2.45, 2.75) is 26.8 Å². The van der Waals surface area contributed by atoms with Crippen LogP contribution in [0.5, 0.6) is 0 Å². The van der Waals surface area contributed by atoms with Gasteiger partial charge in [0.1, 0.15) is 0 Å². The highest BCUT2D eigenvalue weighted by atomic mass is 16.2. The SMILES string of the molecule is CCN(Cc1ccccn1)C(=O)C1(C)CCNC1. The number of hydrogen-bond donors (Lipinski definition) is 1. The van der Waals surface area contributed by atoms with E-state index in [1.165, 1.54) is 0 Å². The average Bonchev–Trinajstić information content (AvgIpc) is 2.84. The molecule has 1 aliphatic heterocycles. The van der Waals surface area contributed by atoms with Crippen LogP contribution in [0.1, 0.15) is 26.0 Å². The topological polar surface area (TPSA) is 45.2 Å². The van der Waals surface area contributed by atoms with E-state index in [2.05, 4.69) is 17.2 Å². The molecular weight excluding hydrogens is 226 g/mol. The van der Waals surface area contributed by atoms with Gasteiger partial charge in [-0.25, -0.2) is 0 Å². The quantitative estimate of drug-likeness (QED) is 0.875. The van der Waals surface area contributed by atoms with Crippen molar-refractivity contribution >= 4 is 5.91 Å². The van der Waals surface area contributed by atoms with E-state index in [0.29, 0.717) is 6.54 Å². The van der Waals surface area contributed by atoms with Crippen molar-refractivity contribution in [1.82, 2.24) is 15.2 Å².